The Hall–Kier alpha value is -0.170. The zero-order valence-electron chi connectivity index (χ0n) is 14.5. The van der Waals surface area contributed by atoms with E-state index in [1.165, 1.54) is 6.26 Å². The third-order valence-corrected chi connectivity index (χ3v) is 5.59. The zero-order chi connectivity index (χ0) is 16.7. The van der Waals surface area contributed by atoms with Crippen LogP contribution in [-0.4, -0.2) is 95.9 Å². The number of ether oxygens (including phenoxy) is 1. The minimum Gasteiger partial charge on any atom is -0.379 e. The highest BCUT2D eigenvalue weighted by Gasteiger charge is 2.28. The lowest BCUT2D eigenvalue weighted by Crippen LogP contribution is -2.45. The van der Waals surface area contributed by atoms with Gasteiger partial charge in [0.2, 0.25) is 10.0 Å². The molecule has 0 amide bonds. The fraction of sp³-hybridized carbons (Fsp3) is 0.929. The first kappa shape index (κ1) is 21.9. The van der Waals surface area contributed by atoms with Gasteiger partial charge in [0.1, 0.15) is 0 Å². The van der Waals surface area contributed by atoms with E-state index >= 15 is 0 Å². The smallest absolute Gasteiger partial charge is 0.211 e. The monoisotopic (exact) mass is 475 g/mol. The number of guanidine groups is 1. The molecule has 1 atom stereocenters. The van der Waals surface area contributed by atoms with Gasteiger partial charge in [0.05, 0.1) is 19.5 Å². The van der Waals surface area contributed by atoms with Crippen LogP contribution in [-0.2, 0) is 14.8 Å². The molecule has 0 aliphatic carbocycles. The molecule has 2 rings (SSSR count). The van der Waals surface area contributed by atoms with Crippen LogP contribution in [0.3, 0.4) is 0 Å². The van der Waals surface area contributed by atoms with E-state index in [0.29, 0.717) is 19.0 Å². The minimum atomic E-state index is -3.06. The van der Waals surface area contributed by atoms with Crippen LogP contribution in [0.4, 0.5) is 0 Å². The molecule has 2 heterocycles. The van der Waals surface area contributed by atoms with E-state index in [-0.39, 0.29) is 24.0 Å². The van der Waals surface area contributed by atoms with E-state index in [0.717, 1.165) is 58.3 Å². The van der Waals surface area contributed by atoms with Crippen molar-refractivity contribution in [2.45, 2.75) is 6.42 Å². The third kappa shape index (κ3) is 7.38. The van der Waals surface area contributed by atoms with Gasteiger partial charge in [-0.05, 0) is 12.3 Å². The molecule has 2 saturated heterocycles. The topological polar surface area (TPSA) is 86.3 Å². The second-order valence-corrected chi connectivity index (χ2v) is 8.09. The maximum atomic E-state index is 11.5. The summed E-state index contributed by atoms with van der Waals surface area (Å²) in [5.74, 6) is 1.11. The standard InChI is InChI=1S/C14H29N5O3S.HI/c1-15-14(16-4-6-18-7-9-22-10-8-18)17-11-13-3-5-19(12-13)23(2,20)21;/h13H,3-12H2,1-2H3,(H2,15,16,17);1H. The Morgan fingerprint density at radius 2 is 1.96 bits per heavy atom. The predicted octanol–water partition coefficient (Wildman–Crippen LogP) is -0.617. The van der Waals surface area contributed by atoms with Crippen LogP contribution in [0.2, 0.25) is 0 Å². The number of hydrogen-bond donors (Lipinski definition) is 2. The number of rotatable bonds is 6. The van der Waals surface area contributed by atoms with Gasteiger partial charge < -0.3 is 15.4 Å². The van der Waals surface area contributed by atoms with Gasteiger partial charge in [-0.2, -0.15) is 0 Å². The van der Waals surface area contributed by atoms with Gasteiger partial charge in [-0.25, -0.2) is 12.7 Å². The molecule has 0 aromatic carbocycles. The Bertz CT molecular complexity index is 497. The number of nitrogens with one attached hydrogen (secondary N) is 2. The summed E-state index contributed by atoms with van der Waals surface area (Å²) in [6.07, 6.45) is 2.17. The van der Waals surface area contributed by atoms with Crippen LogP contribution in [0.25, 0.3) is 0 Å². The number of nitrogens with zero attached hydrogens (tertiary/aromatic N) is 3. The van der Waals surface area contributed by atoms with Gasteiger partial charge >= 0.3 is 0 Å². The van der Waals surface area contributed by atoms with Crippen LogP contribution >= 0.6 is 24.0 Å². The van der Waals surface area contributed by atoms with Crippen molar-refractivity contribution in [2.24, 2.45) is 10.9 Å². The van der Waals surface area contributed by atoms with Gasteiger partial charge in [-0.15, -0.1) is 24.0 Å². The van der Waals surface area contributed by atoms with E-state index in [9.17, 15) is 8.42 Å². The Balaban J connectivity index is 0.00000288. The molecule has 0 spiro atoms. The summed E-state index contributed by atoms with van der Waals surface area (Å²) in [5.41, 5.74) is 0. The summed E-state index contributed by atoms with van der Waals surface area (Å²) < 4.78 is 29.9. The molecule has 0 radical (unpaired) electrons. The molecule has 24 heavy (non-hydrogen) atoms. The fourth-order valence-electron chi connectivity index (χ4n) is 2.88. The van der Waals surface area contributed by atoms with Gasteiger partial charge in [-0.3, -0.25) is 9.89 Å². The highest BCUT2D eigenvalue weighted by Crippen LogP contribution is 2.17. The highest BCUT2D eigenvalue weighted by molar-refractivity contribution is 14.0. The van der Waals surface area contributed by atoms with Crippen LogP contribution in [0, 0.1) is 5.92 Å². The van der Waals surface area contributed by atoms with Crippen LogP contribution in [0.5, 0.6) is 0 Å². The van der Waals surface area contributed by atoms with Crippen molar-refractivity contribution < 1.29 is 13.2 Å². The molecular weight excluding hydrogens is 445 g/mol. The molecule has 0 saturated carbocycles. The molecule has 8 nitrogen and oxygen atoms in total. The maximum absolute atomic E-state index is 11.5. The van der Waals surface area contributed by atoms with Gasteiger partial charge in [0.15, 0.2) is 5.96 Å². The molecule has 2 N–H and O–H groups in total. The van der Waals surface area contributed by atoms with E-state index < -0.39 is 10.0 Å². The number of hydrogen-bond acceptors (Lipinski definition) is 5. The van der Waals surface area contributed by atoms with Gasteiger partial charge in [0.25, 0.3) is 0 Å². The van der Waals surface area contributed by atoms with Crippen LogP contribution in [0.15, 0.2) is 4.99 Å². The lowest BCUT2D eigenvalue weighted by molar-refractivity contribution is 0.0389. The van der Waals surface area contributed by atoms with Gasteiger partial charge in [0, 0.05) is 52.9 Å². The summed E-state index contributed by atoms with van der Waals surface area (Å²) in [6.45, 7) is 7.34. The van der Waals surface area contributed by atoms with Crippen molar-refractivity contribution in [1.82, 2.24) is 19.8 Å². The van der Waals surface area contributed by atoms with Crippen molar-refractivity contribution in [3.8, 4) is 0 Å². The van der Waals surface area contributed by atoms with E-state index in [1.54, 1.807) is 11.4 Å². The van der Waals surface area contributed by atoms with E-state index in [4.69, 9.17) is 4.74 Å². The quantitative estimate of drug-likeness (QED) is 0.303. The lowest BCUT2D eigenvalue weighted by atomic mass is 10.1. The molecule has 1 unspecified atom stereocenters. The largest absolute Gasteiger partial charge is 0.379 e. The van der Waals surface area contributed by atoms with Crippen molar-refractivity contribution in [2.75, 3.05) is 72.3 Å². The second-order valence-electron chi connectivity index (χ2n) is 6.11. The SMILES string of the molecule is CN=C(NCCN1CCOCC1)NCC1CCN(S(C)(=O)=O)C1.I. The molecular formula is C14H30IN5O3S. The highest BCUT2D eigenvalue weighted by atomic mass is 127. The predicted molar refractivity (Wildman–Crippen MR) is 107 cm³/mol. The summed E-state index contributed by atoms with van der Waals surface area (Å²) in [5, 5.41) is 6.60. The Morgan fingerprint density at radius 3 is 2.54 bits per heavy atom. The Labute approximate surface area is 162 Å². The minimum absolute atomic E-state index is 0. The first-order valence-electron chi connectivity index (χ1n) is 8.19. The zero-order valence-corrected chi connectivity index (χ0v) is 17.7. The normalized spacial score (nSPS) is 23.8. The molecule has 2 aliphatic heterocycles. The lowest BCUT2D eigenvalue weighted by Gasteiger charge is -2.26. The summed E-state index contributed by atoms with van der Waals surface area (Å²) >= 11 is 0. The number of aliphatic imine (C=N–C) groups is 1. The average molecular weight is 475 g/mol. The molecule has 2 aliphatic rings. The number of sulfonamides is 1. The molecule has 0 bridgehead atoms. The second kappa shape index (κ2) is 10.7. The number of morpholine rings is 1. The maximum Gasteiger partial charge on any atom is 0.211 e. The van der Waals surface area contributed by atoms with Crippen molar-refractivity contribution in [1.29, 1.82) is 0 Å². The molecule has 0 aromatic rings. The van der Waals surface area contributed by atoms with Crippen molar-refractivity contribution in [3.05, 3.63) is 0 Å². The fourth-order valence-corrected chi connectivity index (χ4v) is 3.80. The van der Waals surface area contributed by atoms with E-state index in [2.05, 4.69) is 20.5 Å². The average Bonchev–Trinajstić information content (AvgIpc) is 3.01. The Morgan fingerprint density at radius 1 is 1.25 bits per heavy atom. The summed E-state index contributed by atoms with van der Waals surface area (Å²) in [7, 11) is -1.31. The van der Waals surface area contributed by atoms with Crippen molar-refractivity contribution in [3.63, 3.8) is 0 Å². The van der Waals surface area contributed by atoms with Crippen LogP contribution < -0.4 is 10.6 Å². The molecule has 142 valence electrons. The summed E-state index contributed by atoms with van der Waals surface area (Å²) in [4.78, 5) is 6.58. The summed E-state index contributed by atoms with van der Waals surface area (Å²) in [6, 6.07) is 0. The number of halogens is 1. The van der Waals surface area contributed by atoms with E-state index in [1.807, 2.05) is 0 Å². The molecule has 10 heteroatoms. The third-order valence-electron chi connectivity index (χ3n) is 4.32. The molecule has 0 aromatic heterocycles. The Kier molecular flexibility index (Phi) is 9.79. The first-order chi connectivity index (χ1) is 11.0. The van der Waals surface area contributed by atoms with Crippen LogP contribution in [0.1, 0.15) is 6.42 Å². The van der Waals surface area contributed by atoms with Gasteiger partial charge in [-0.1, -0.05) is 0 Å². The van der Waals surface area contributed by atoms with Crippen molar-refractivity contribution >= 4 is 40.0 Å². The molecule has 2 fully saturated rings. The first-order valence-corrected chi connectivity index (χ1v) is 10.0.